The zero-order valence-corrected chi connectivity index (χ0v) is 18.9. The molecule has 2 aromatic rings. The van der Waals surface area contributed by atoms with E-state index in [1.807, 2.05) is 36.1 Å². The molecule has 31 heavy (non-hydrogen) atoms. The van der Waals surface area contributed by atoms with E-state index in [9.17, 15) is 4.79 Å². The number of hydrogen-bond donors (Lipinski definition) is 0. The maximum absolute atomic E-state index is 15.3. The van der Waals surface area contributed by atoms with Gasteiger partial charge in [0.1, 0.15) is 11.6 Å². The summed E-state index contributed by atoms with van der Waals surface area (Å²) in [6.45, 7) is 4.26. The normalized spacial score (nSPS) is 17.4. The van der Waals surface area contributed by atoms with Gasteiger partial charge >= 0.3 is 0 Å². The lowest BCUT2D eigenvalue weighted by Gasteiger charge is -2.36. The number of likely N-dealkylation sites (tertiary alicyclic amines) is 1. The minimum Gasteiger partial charge on any atom is -0.497 e. The highest BCUT2D eigenvalue weighted by Gasteiger charge is 2.30. The molecular formula is C26H34FNO3. The molecule has 4 nitrogen and oxygen atoms in total. The Morgan fingerprint density at radius 2 is 2.06 bits per heavy atom. The molecule has 0 N–H and O–H groups in total. The molecule has 168 valence electrons. The summed E-state index contributed by atoms with van der Waals surface area (Å²) in [6.07, 6.45) is 5.91. The molecular weight excluding hydrogens is 393 g/mol. The number of aryl methyl sites for hydroxylation is 1. The van der Waals surface area contributed by atoms with E-state index >= 15 is 4.39 Å². The molecule has 0 aromatic heterocycles. The van der Waals surface area contributed by atoms with Crippen LogP contribution in [-0.2, 0) is 9.53 Å². The lowest BCUT2D eigenvalue weighted by Crippen LogP contribution is -2.37. The van der Waals surface area contributed by atoms with Crippen molar-refractivity contribution in [2.24, 2.45) is 5.92 Å². The lowest BCUT2D eigenvalue weighted by molar-refractivity contribution is -0.119. The average Bonchev–Trinajstić information content (AvgIpc) is 2.78. The Morgan fingerprint density at radius 1 is 1.23 bits per heavy atom. The van der Waals surface area contributed by atoms with E-state index in [4.69, 9.17) is 9.47 Å². The van der Waals surface area contributed by atoms with Crippen molar-refractivity contribution < 1.29 is 18.7 Å². The van der Waals surface area contributed by atoms with Crippen molar-refractivity contribution in [2.75, 3.05) is 33.9 Å². The highest BCUT2D eigenvalue weighted by molar-refractivity contribution is 5.71. The number of hydrogen-bond acceptors (Lipinski definition) is 3. The number of ether oxygens (including phenoxy) is 2. The van der Waals surface area contributed by atoms with Gasteiger partial charge in [-0.1, -0.05) is 24.6 Å². The van der Waals surface area contributed by atoms with Crippen molar-refractivity contribution in [1.82, 2.24) is 4.90 Å². The van der Waals surface area contributed by atoms with Crippen LogP contribution >= 0.6 is 0 Å². The van der Waals surface area contributed by atoms with Crippen molar-refractivity contribution in [3.63, 3.8) is 0 Å². The summed E-state index contributed by atoms with van der Waals surface area (Å²) >= 11 is 0. The molecule has 1 aliphatic rings. The molecule has 1 amide bonds. The van der Waals surface area contributed by atoms with Gasteiger partial charge in [0.25, 0.3) is 0 Å². The summed E-state index contributed by atoms with van der Waals surface area (Å²) in [5, 5.41) is 0. The largest absolute Gasteiger partial charge is 0.497 e. The van der Waals surface area contributed by atoms with Crippen LogP contribution in [0.5, 0.6) is 5.75 Å². The minimum absolute atomic E-state index is 0.178. The van der Waals surface area contributed by atoms with E-state index in [-0.39, 0.29) is 11.7 Å². The molecule has 0 saturated carbocycles. The summed E-state index contributed by atoms with van der Waals surface area (Å²) in [7, 11) is 3.35. The fourth-order valence-electron chi connectivity index (χ4n) is 4.88. The molecule has 3 rings (SSSR count). The fourth-order valence-corrected chi connectivity index (χ4v) is 4.88. The first-order valence-electron chi connectivity index (χ1n) is 11.2. The van der Waals surface area contributed by atoms with Crippen LogP contribution in [0.4, 0.5) is 4.39 Å². The van der Waals surface area contributed by atoms with Crippen LogP contribution < -0.4 is 4.74 Å². The zero-order chi connectivity index (χ0) is 22.2. The van der Waals surface area contributed by atoms with Crippen molar-refractivity contribution in [2.45, 2.75) is 44.9 Å². The molecule has 0 bridgehead atoms. The van der Waals surface area contributed by atoms with Gasteiger partial charge in [-0.2, -0.15) is 0 Å². The molecule has 2 aromatic carbocycles. The SMILES string of the molecule is COCCCCC(c1cccc(F)c1-c1cc(C)cc(OC)c1)C1CCCN(C=O)C1. The molecule has 1 aliphatic heterocycles. The number of amides is 1. The molecule has 0 spiro atoms. The van der Waals surface area contributed by atoms with E-state index in [1.165, 1.54) is 6.07 Å². The molecule has 0 aliphatic carbocycles. The van der Waals surface area contributed by atoms with Gasteiger partial charge < -0.3 is 14.4 Å². The second-order valence-electron chi connectivity index (χ2n) is 8.54. The van der Waals surface area contributed by atoms with E-state index in [0.29, 0.717) is 11.5 Å². The van der Waals surface area contributed by atoms with Crippen LogP contribution in [0, 0.1) is 18.7 Å². The Morgan fingerprint density at radius 3 is 2.81 bits per heavy atom. The molecule has 2 atom stereocenters. The van der Waals surface area contributed by atoms with Gasteiger partial charge in [0.15, 0.2) is 0 Å². The van der Waals surface area contributed by atoms with Gasteiger partial charge in [-0.25, -0.2) is 4.39 Å². The van der Waals surface area contributed by atoms with Crippen molar-refractivity contribution in [1.29, 1.82) is 0 Å². The number of unbranched alkanes of at least 4 members (excludes halogenated alkanes) is 1. The van der Waals surface area contributed by atoms with Crippen LogP contribution in [0.25, 0.3) is 11.1 Å². The number of halogens is 1. The van der Waals surface area contributed by atoms with E-state index in [0.717, 1.165) is 80.7 Å². The van der Waals surface area contributed by atoms with Gasteiger partial charge in [0.05, 0.1) is 7.11 Å². The van der Waals surface area contributed by atoms with Crippen LogP contribution in [0.2, 0.25) is 0 Å². The van der Waals surface area contributed by atoms with Crippen molar-refractivity contribution >= 4 is 6.41 Å². The molecule has 0 radical (unpaired) electrons. The zero-order valence-electron chi connectivity index (χ0n) is 18.9. The minimum atomic E-state index is -0.213. The average molecular weight is 428 g/mol. The van der Waals surface area contributed by atoms with Crippen molar-refractivity contribution in [3.05, 3.63) is 53.3 Å². The third kappa shape index (κ3) is 5.85. The Labute approximate surface area is 185 Å². The molecule has 1 saturated heterocycles. The summed E-state index contributed by atoms with van der Waals surface area (Å²) in [6, 6.07) is 11.3. The first kappa shape index (κ1) is 23.3. The lowest BCUT2D eigenvalue weighted by atomic mass is 9.76. The smallest absolute Gasteiger partial charge is 0.209 e. The third-order valence-corrected chi connectivity index (χ3v) is 6.34. The van der Waals surface area contributed by atoms with Crippen molar-refractivity contribution in [3.8, 4) is 16.9 Å². The Bertz CT molecular complexity index is 870. The summed E-state index contributed by atoms with van der Waals surface area (Å²) in [5.41, 5.74) is 3.56. The predicted octanol–water partition coefficient (Wildman–Crippen LogP) is 5.58. The summed E-state index contributed by atoms with van der Waals surface area (Å²) < 4.78 is 26.0. The predicted molar refractivity (Wildman–Crippen MR) is 122 cm³/mol. The Kier molecular flexibility index (Phi) is 8.47. The number of benzene rings is 2. The van der Waals surface area contributed by atoms with Crippen LogP contribution in [0.1, 0.15) is 49.1 Å². The quantitative estimate of drug-likeness (QED) is 0.367. The maximum Gasteiger partial charge on any atom is 0.209 e. The van der Waals surface area contributed by atoms with E-state index in [1.54, 1.807) is 14.2 Å². The number of carbonyl (C=O) groups excluding carboxylic acids is 1. The second kappa shape index (κ2) is 11.3. The molecule has 5 heteroatoms. The second-order valence-corrected chi connectivity index (χ2v) is 8.54. The number of carbonyl (C=O) groups is 1. The first-order chi connectivity index (χ1) is 15.1. The van der Waals surface area contributed by atoms with Crippen LogP contribution in [-0.4, -0.2) is 45.2 Å². The molecule has 1 heterocycles. The fraction of sp³-hybridized carbons (Fsp3) is 0.500. The molecule has 2 unspecified atom stereocenters. The van der Waals surface area contributed by atoms with Gasteiger partial charge in [-0.3, -0.25) is 4.79 Å². The highest BCUT2D eigenvalue weighted by atomic mass is 19.1. The third-order valence-electron chi connectivity index (χ3n) is 6.34. The topological polar surface area (TPSA) is 38.8 Å². The summed E-state index contributed by atoms with van der Waals surface area (Å²) in [4.78, 5) is 13.3. The van der Waals surface area contributed by atoms with Gasteiger partial charge in [0, 0.05) is 32.4 Å². The number of methoxy groups -OCH3 is 2. The van der Waals surface area contributed by atoms with Crippen LogP contribution in [0.15, 0.2) is 36.4 Å². The van der Waals surface area contributed by atoms with E-state index < -0.39 is 0 Å². The van der Waals surface area contributed by atoms with Crippen LogP contribution in [0.3, 0.4) is 0 Å². The summed E-state index contributed by atoms with van der Waals surface area (Å²) in [5.74, 6) is 1.01. The van der Waals surface area contributed by atoms with Gasteiger partial charge in [-0.05, 0) is 79.3 Å². The number of piperidine rings is 1. The first-order valence-corrected chi connectivity index (χ1v) is 11.2. The maximum atomic E-state index is 15.3. The van der Waals surface area contributed by atoms with Gasteiger partial charge in [-0.15, -0.1) is 0 Å². The number of nitrogens with zero attached hydrogens (tertiary/aromatic N) is 1. The molecule has 1 fully saturated rings. The Hall–Kier alpha value is -2.40. The highest BCUT2D eigenvalue weighted by Crippen LogP contribution is 2.42. The van der Waals surface area contributed by atoms with Gasteiger partial charge in [0.2, 0.25) is 6.41 Å². The Balaban J connectivity index is 2.03. The monoisotopic (exact) mass is 427 g/mol. The van der Waals surface area contributed by atoms with E-state index in [2.05, 4.69) is 6.07 Å². The number of rotatable bonds is 10. The standard InChI is InChI=1S/C26H34FNO3/c1-19-14-21(16-22(15-19)31-3)26-24(10-6-11-25(26)27)23(9-4-5-13-30-2)20-8-7-12-28(17-20)18-29/h6,10-11,14-16,18,20,23H,4-5,7-9,12-13,17H2,1-3H3.